The van der Waals surface area contributed by atoms with Crippen LogP contribution in [-0.2, 0) is 9.59 Å². The van der Waals surface area contributed by atoms with Gasteiger partial charge in [0.25, 0.3) is 5.91 Å². The van der Waals surface area contributed by atoms with Crippen LogP contribution in [-0.4, -0.2) is 22.8 Å². The van der Waals surface area contributed by atoms with Crippen LogP contribution in [0.4, 0.5) is 5.69 Å². The van der Waals surface area contributed by atoms with Gasteiger partial charge in [-0.2, -0.15) is 0 Å². The van der Waals surface area contributed by atoms with Crippen molar-refractivity contribution in [2.75, 3.05) is 4.90 Å². The van der Waals surface area contributed by atoms with E-state index in [-0.39, 0.29) is 11.8 Å². The molecular formula is C10H11N3O2. The van der Waals surface area contributed by atoms with Crippen molar-refractivity contribution in [3.05, 3.63) is 24.5 Å². The lowest BCUT2D eigenvalue weighted by Crippen LogP contribution is -2.51. The van der Waals surface area contributed by atoms with E-state index < -0.39 is 6.04 Å². The first-order chi connectivity index (χ1) is 7.20. The third-order valence-corrected chi connectivity index (χ3v) is 2.38. The zero-order valence-electron chi connectivity index (χ0n) is 8.09. The molecule has 0 aromatic carbocycles. The van der Waals surface area contributed by atoms with E-state index in [0.29, 0.717) is 18.5 Å². The number of hydrogen-bond donors (Lipinski definition) is 1. The average molecular weight is 205 g/mol. The van der Waals surface area contributed by atoms with Gasteiger partial charge >= 0.3 is 0 Å². The van der Waals surface area contributed by atoms with Gasteiger partial charge in [0.05, 0.1) is 11.7 Å². The van der Waals surface area contributed by atoms with Crippen LogP contribution < -0.4 is 10.6 Å². The van der Waals surface area contributed by atoms with E-state index in [1.54, 1.807) is 12.1 Å². The number of pyridine rings is 1. The van der Waals surface area contributed by atoms with Gasteiger partial charge in [-0.25, -0.2) is 4.90 Å². The molecule has 1 fully saturated rings. The minimum atomic E-state index is -0.573. The summed E-state index contributed by atoms with van der Waals surface area (Å²) in [5.74, 6) is -0.537. The lowest BCUT2D eigenvalue weighted by atomic mass is 10.0. The maximum Gasteiger partial charge on any atom is 0.250 e. The fourth-order valence-corrected chi connectivity index (χ4v) is 1.57. The van der Waals surface area contributed by atoms with Crippen LogP contribution in [0.15, 0.2) is 24.5 Å². The first kappa shape index (κ1) is 9.79. The maximum absolute atomic E-state index is 11.7. The minimum absolute atomic E-state index is 0.201. The van der Waals surface area contributed by atoms with Crippen molar-refractivity contribution in [3.8, 4) is 0 Å². The predicted octanol–water partition coefficient (Wildman–Crippen LogP) is 0.0623. The molecule has 5 nitrogen and oxygen atoms in total. The number of rotatable bonds is 1. The van der Waals surface area contributed by atoms with Crippen molar-refractivity contribution in [1.29, 1.82) is 0 Å². The molecule has 2 N–H and O–H groups in total. The zero-order chi connectivity index (χ0) is 10.8. The Morgan fingerprint density at radius 3 is 2.67 bits per heavy atom. The summed E-state index contributed by atoms with van der Waals surface area (Å²) in [6.07, 6.45) is 3.82. The quantitative estimate of drug-likeness (QED) is 0.658. The molecule has 5 heteroatoms. The highest BCUT2D eigenvalue weighted by atomic mass is 16.2. The van der Waals surface area contributed by atoms with Gasteiger partial charge < -0.3 is 5.73 Å². The number of carbonyl (C=O) groups is 2. The number of carbonyl (C=O) groups excluding carboxylic acids is 2. The monoisotopic (exact) mass is 205 g/mol. The Balaban J connectivity index is 2.34. The fourth-order valence-electron chi connectivity index (χ4n) is 1.57. The Labute approximate surface area is 86.9 Å². The predicted molar refractivity (Wildman–Crippen MR) is 53.9 cm³/mol. The summed E-state index contributed by atoms with van der Waals surface area (Å²) in [5, 5.41) is 0. The second-order valence-electron chi connectivity index (χ2n) is 3.42. The molecule has 1 atom stereocenters. The summed E-state index contributed by atoms with van der Waals surface area (Å²) in [7, 11) is 0. The Kier molecular flexibility index (Phi) is 2.47. The van der Waals surface area contributed by atoms with E-state index in [1.165, 1.54) is 12.4 Å². The molecule has 2 heterocycles. The molecule has 1 aliphatic heterocycles. The van der Waals surface area contributed by atoms with Gasteiger partial charge in [-0.3, -0.25) is 14.6 Å². The van der Waals surface area contributed by atoms with Crippen LogP contribution in [0.3, 0.4) is 0 Å². The van der Waals surface area contributed by atoms with E-state index >= 15 is 0 Å². The number of hydrogen-bond acceptors (Lipinski definition) is 4. The maximum atomic E-state index is 11.7. The molecule has 78 valence electrons. The van der Waals surface area contributed by atoms with Gasteiger partial charge in [0.1, 0.15) is 0 Å². The normalized spacial score (nSPS) is 21.9. The largest absolute Gasteiger partial charge is 0.320 e. The highest BCUT2D eigenvalue weighted by molar-refractivity contribution is 6.18. The topological polar surface area (TPSA) is 76.3 Å². The third kappa shape index (κ3) is 1.73. The van der Waals surface area contributed by atoms with Gasteiger partial charge in [0, 0.05) is 18.8 Å². The summed E-state index contributed by atoms with van der Waals surface area (Å²) in [6, 6.07) is 2.66. The van der Waals surface area contributed by atoms with Gasteiger partial charge in [-0.1, -0.05) is 0 Å². The summed E-state index contributed by atoms with van der Waals surface area (Å²) < 4.78 is 0. The lowest BCUT2D eigenvalue weighted by molar-refractivity contribution is -0.130. The SMILES string of the molecule is NC1CCC(=O)N(c2ccncc2)C1=O. The molecule has 1 aromatic rings. The summed E-state index contributed by atoms with van der Waals surface area (Å²) in [4.78, 5) is 28.2. The van der Waals surface area contributed by atoms with Crippen LogP contribution in [0.1, 0.15) is 12.8 Å². The number of aromatic nitrogens is 1. The van der Waals surface area contributed by atoms with Crippen molar-refractivity contribution >= 4 is 17.5 Å². The van der Waals surface area contributed by atoms with Gasteiger partial charge in [0.15, 0.2) is 0 Å². The molecule has 1 saturated heterocycles. The van der Waals surface area contributed by atoms with E-state index in [2.05, 4.69) is 4.98 Å². The highest BCUT2D eigenvalue weighted by Gasteiger charge is 2.32. The first-order valence-electron chi connectivity index (χ1n) is 4.72. The van der Waals surface area contributed by atoms with Crippen molar-refractivity contribution in [1.82, 2.24) is 4.98 Å². The fraction of sp³-hybridized carbons (Fsp3) is 0.300. The Bertz CT molecular complexity index is 391. The number of anilines is 1. The molecule has 0 radical (unpaired) electrons. The molecular weight excluding hydrogens is 194 g/mol. The number of nitrogens with two attached hydrogens (primary N) is 1. The highest BCUT2D eigenvalue weighted by Crippen LogP contribution is 2.20. The van der Waals surface area contributed by atoms with Crippen LogP contribution in [0.25, 0.3) is 0 Å². The minimum Gasteiger partial charge on any atom is -0.320 e. The van der Waals surface area contributed by atoms with Gasteiger partial charge in [0.2, 0.25) is 5.91 Å². The van der Waals surface area contributed by atoms with Crippen LogP contribution in [0.2, 0.25) is 0 Å². The van der Waals surface area contributed by atoms with Gasteiger partial charge in [-0.05, 0) is 18.6 Å². The number of piperidine rings is 1. The Morgan fingerprint density at radius 2 is 2.00 bits per heavy atom. The van der Waals surface area contributed by atoms with Crippen LogP contribution in [0.5, 0.6) is 0 Å². The zero-order valence-corrected chi connectivity index (χ0v) is 8.09. The smallest absolute Gasteiger partial charge is 0.250 e. The molecule has 0 saturated carbocycles. The summed E-state index contributed by atoms with van der Waals surface area (Å²) >= 11 is 0. The number of imide groups is 1. The van der Waals surface area contributed by atoms with Crippen LogP contribution in [0, 0.1) is 0 Å². The Morgan fingerprint density at radius 1 is 1.33 bits per heavy atom. The summed E-state index contributed by atoms with van der Waals surface area (Å²) in [5.41, 5.74) is 6.15. The van der Waals surface area contributed by atoms with Gasteiger partial charge in [-0.15, -0.1) is 0 Å². The van der Waals surface area contributed by atoms with E-state index in [9.17, 15) is 9.59 Å². The molecule has 0 spiro atoms. The number of amides is 2. The molecule has 2 amide bonds. The average Bonchev–Trinajstić information content (AvgIpc) is 2.26. The molecule has 15 heavy (non-hydrogen) atoms. The summed E-state index contributed by atoms with van der Waals surface area (Å²) in [6.45, 7) is 0. The second kappa shape index (κ2) is 3.78. The Hall–Kier alpha value is -1.75. The number of nitrogens with zero attached hydrogens (tertiary/aromatic N) is 2. The molecule has 2 rings (SSSR count). The molecule has 1 unspecified atom stereocenters. The first-order valence-corrected chi connectivity index (χ1v) is 4.72. The third-order valence-electron chi connectivity index (χ3n) is 2.38. The molecule has 0 bridgehead atoms. The molecule has 0 aliphatic carbocycles. The molecule has 1 aromatic heterocycles. The standard InChI is InChI=1S/C10H11N3O2/c11-8-1-2-9(14)13(10(8)15)7-3-5-12-6-4-7/h3-6,8H,1-2,11H2. The lowest BCUT2D eigenvalue weighted by Gasteiger charge is -2.28. The van der Waals surface area contributed by atoms with Crippen LogP contribution >= 0.6 is 0 Å². The van der Waals surface area contributed by atoms with Crippen molar-refractivity contribution in [2.45, 2.75) is 18.9 Å². The van der Waals surface area contributed by atoms with Crippen molar-refractivity contribution in [3.63, 3.8) is 0 Å². The van der Waals surface area contributed by atoms with E-state index in [1.807, 2.05) is 0 Å². The second-order valence-corrected chi connectivity index (χ2v) is 3.42. The van der Waals surface area contributed by atoms with Crippen molar-refractivity contribution < 1.29 is 9.59 Å². The molecule has 1 aliphatic rings. The van der Waals surface area contributed by atoms with E-state index in [0.717, 1.165) is 4.90 Å². The van der Waals surface area contributed by atoms with E-state index in [4.69, 9.17) is 5.73 Å². The van der Waals surface area contributed by atoms with Crippen molar-refractivity contribution in [2.24, 2.45) is 5.73 Å².